The second-order valence-corrected chi connectivity index (χ2v) is 32.9. The Hall–Kier alpha value is -2.04. The Morgan fingerprint density at radius 3 is 0.831 bits per heavy atom. The first-order valence-electron chi connectivity index (χ1n) is 39.0. The summed E-state index contributed by atoms with van der Waals surface area (Å²) in [4.78, 5) is 0. The minimum Gasteiger partial charge on any atom is -0.337 e. The van der Waals surface area contributed by atoms with Crippen LogP contribution in [0.25, 0.3) is 72.1 Å². The van der Waals surface area contributed by atoms with Crippen molar-refractivity contribution in [1.29, 1.82) is 0 Å². The summed E-state index contributed by atoms with van der Waals surface area (Å²) >= 11 is 9.98. The maximum absolute atomic E-state index is 5.50. The van der Waals surface area contributed by atoms with Crippen LogP contribution < -0.4 is 0 Å². The standard InChI is InChI=1S/C80H130N4S5/c1-7-13-19-25-31-35-39-45-51-57-65-61-85-79-73-77(87-75(65)79)67-69-70(82-89-81-69)68-72(71(67)83(73)59-63(53-47-41-29-23-17-11-5)55-49-43-37-33-27-21-15-9-3)84(60-64(54-48-42-30-24-18-12-6)56-50-44-38-34-28-22-16-10-4)74-78(68)88-76-66(62-86-80(74)76)58-52-46-40-36-32-26-20-14-8-2/h61-64H,7-60H2,1-6H3. The van der Waals surface area contributed by atoms with E-state index in [0.29, 0.717) is 11.8 Å². The fourth-order valence-corrected chi connectivity index (χ4v) is 21.6. The molecule has 0 N–H and O–H groups in total. The van der Waals surface area contributed by atoms with E-state index in [-0.39, 0.29) is 0 Å². The Bertz CT molecular complexity index is 2920. The molecule has 0 aliphatic carbocycles. The summed E-state index contributed by atoms with van der Waals surface area (Å²) in [5, 5.41) is 8.10. The van der Waals surface area contributed by atoms with E-state index in [9.17, 15) is 0 Å². The maximum Gasteiger partial charge on any atom is 0.116 e. The Morgan fingerprint density at radius 2 is 0.551 bits per heavy atom. The molecule has 0 aliphatic rings. The lowest BCUT2D eigenvalue weighted by Gasteiger charge is -2.22. The molecular weight excluding hydrogens is 1180 g/mol. The zero-order chi connectivity index (χ0) is 62.1. The van der Waals surface area contributed by atoms with Crippen LogP contribution in [0, 0.1) is 11.8 Å². The van der Waals surface area contributed by atoms with Crippen LogP contribution in [-0.4, -0.2) is 17.9 Å². The highest BCUT2D eigenvalue weighted by Crippen LogP contribution is 2.54. The molecule has 500 valence electrons. The third-order valence-electron chi connectivity index (χ3n) is 20.9. The number of aryl methyl sites for hydroxylation is 2. The number of aromatic nitrogens is 4. The summed E-state index contributed by atoms with van der Waals surface area (Å²) in [6.45, 7) is 16.4. The topological polar surface area (TPSA) is 35.6 Å². The Labute approximate surface area is 565 Å². The van der Waals surface area contributed by atoms with Gasteiger partial charge in [-0.2, -0.15) is 8.75 Å². The average molecular weight is 1310 g/mol. The van der Waals surface area contributed by atoms with Crippen LogP contribution in [0.4, 0.5) is 0 Å². The summed E-state index contributed by atoms with van der Waals surface area (Å²) in [7, 11) is 0. The Morgan fingerprint density at radius 1 is 0.292 bits per heavy atom. The van der Waals surface area contributed by atoms with Crippen molar-refractivity contribution in [1.82, 2.24) is 17.9 Å². The largest absolute Gasteiger partial charge is 0.337 e. The molecule has 8 aromatic rings. The van der Waals surface area contributed by atoms with Gasteiger partial charge in [-0.25, -0.2) is 0 Å². The fraction of sp³-hybridized carbons (Fsp3) is 0.775. The van der Waals surface area contributed by atoms with Crippen molar-refractivity contribution in [2.75, 3.05) is 0 Å². The van der Waals surface area contributed by atoms with Crippen LogP contribution in [0.1, 0.15) is 374 Å². The second-order valence-electron chi connectivity index (χ2n) is 28.6. The summed E-state index contributed by atoms with van der Waals surface area (Å²) in [6.07, 6.45) is 71.6. The van der Waals surface area contributed by atoms with E-state index < -0.39 is 0 Å². The molecule has 8 rings (SSSR count). The lowest BCUT2D eigenvalue weighted by molar-refractivity contribution is 0.362. The lowest BCUT2D eigenvalue weighted by Crippen LogP contribution is -2.14. The predicted molar refractivity (Wildman–Crippen MR) is 409 cm³/mol. The minimum absolute atomic E-state index is 0.662. The maximum atomic E-state index is 5.50. The molecule has 0 amide bonds. The zero-order valence-corrected chi connectivity index (χ0v) is 62.4. The monoisotopic (exact) mass is 1310 g/mol. The van der Waals surface area contributed by atoms with Crippen LogP contribution in [0.3, 0.4) is 0 Å². The molecule has 89 heavy (non-hydrogen) atoms. The van der Waals surface area contributed by atoms with Gasteiger partial charge in [0.15, 0.2) is 0 Å². The summed E-state index contributed by atoms with van der Waals surface area (Å²) in [5.74, 6) is 1.32. The molecule has 7 aromatic heterocycles. The number of unbranched alkanes of at least 4 members (excludes halogenated alkanes) is 40. The van der Waals surface area contributed by atoms with Gasteiger partial charge in [0.2, 0.25) is 0 Å². The number of rotatable bonds is 56. The van der Waals surface area contributed by atoms with Crippen LogP contribution in [0.2, 0.25) is 0 Å². The van der Waals surface area contributed by atoms with Gasteiger partial charge < -0.3 is 9.13 Å². The van der Waals surface area contributed by atoms with Gasteiger partial charge in [0.25, 0.3) is 0 Å². The van der Waals surface area contributed by atoms with Gasteiger partial charge in [0.1, 0.15) is 11.0 Å². The highest BCUT2D eigenvalue weighted by atomic mass is 32.1. The number of benzene rings is 1. The van der Waals surface area contributed by atoms with Gasteiger partial charge in [0, 0.05) is 23.9 Å². The van der Waals surface area contributed by atoms with Gasteiger partial charge in [-0.05, 0) is 85.1 Å². The van der Waals surface area contributed by atoms with Crippen LogP contribution in [0.15, 0.2) is 10.8 Å². The second kappa shape index (κ2) is 42.4. The lowest BCUT2D eigenvalue weighted by atomic mass is 9.93. The molecule has 0 saturated carbocycles. The van der Waals surface area contributed by atoms with E-state index in [1.165, 1.54) is 388 Å². The molecular formula is C80H130N4S5. The smallest absolute Gasteiger partial charge is 0.116 e. The van der Waals surface area contributed by atoms with Gasteiger partial charge >= 0.3 is 0 Å². The quantitative estimate of drug-likeness (QED) is 0.0356. The molecule has 0 saturated heterocycles. The molecule has 2 unspecified atom stereocenters. The van der Waals surface area contributed by atoms with E-state index in [1.807, 2.05) is 0 Å². The van der Waals surface area contributed by atoms with Crippen molar-refractivity contribution in [3.63, 3.8) is 0 Å². The number of nitrogens with zero attached hydrogens (tertiary/aromatic N) is 4. The van der Waals surface area contributed by atoms with E-state index in [2.05, 4.69) is 107 Å². The number of fused-ring (bicyclic) bond motifs is 14. The summed E-state index contributed by atoms with van der Waals surface area (Å²) in [5.41, 5.74) is 11.8. The van der Waals surface area contributed by atoms with E-state index in [1.54, 1.807) is 41.0 Å². The number of hydrogen-bond donors (Lipinski definition) is 0. The van der Waals surface area contributed by atoms with E-state index in [4.69, 9.17) is 8.75 Å². The van der Waals surface area contributed by atoms with E-state index >= 15 is 0 Å². The molecule has 0 fully saturated rings. The molecule has 1 aromatic carbocycles. The number of hydrogen-bond acceptors (Lipinski definition) is 7. The van der Waals surface area contributed by atoms with Crippen molar-refractivity contribution in [2.45, 2.75) is 389 Å². The first-order valence-corrected chi connectivity index (χ1v) is 43.1. The van der Waals surface area contributed by atoms with Crippen molar-refractivity contribution in [3.8, 4) is 0 Å². The normalized spacial score (nSPS) is 13.1. The number of thiophene rings is 4. The van der Waals surface area contributed by atoms with Gasteiger partial charge in [-0.3, -0.25) is 0 Å². The van der Waals surface area contributed by atoms with Crippen molar-refractivity contribution in [3.05, 3.63) is 21.9 Å². The van der Waals surface area contributed by atoms with Crippen LogP contribution in [-0.2, 0) is 25.9 Å². The van der Waals surface area contributed by atoms with Gasteiger partial charge in [0.05, 0.1) is 62.0 Å². The molecule has 2 atom stereocenters. The molecule has 0 aliphatic heterocycles. The molecule has 0 spiro atoms. The summed E-state index contributed by atoms with van der Waals surface area (Å²) < 4.78 is 26.4. The third kappa shape index (κ3) is 21.5. The predicted octanol–water partition coefficient (Wildman–Crippen LogP) is 30.4. The van der Waals surface area contributed by atoms with Crippen LogP contribution >= 0.6 is 57.1 Å². The first kappa shape index (κ1) is 72.8. The zero-order valence-electron chi connectivity index (χ0n) is 58.3. The van der Waals surface area contributed by atoms with Gasteiger partial charge in [-0.1, -0.05) is 324 Å². The SMILES string of the molecule is CCCCCCCCCCCc1csc2c1sc1c3c4nsnc4c4c5sc6c(CCCCCCCCCCC)csc6c5n(CC(CCCCCCCC)CCCCCCCCCC)c4c3n(CC(CCCCCCCC)CCCCCCCCCC)c21. The van der Waals surface area contributed by atoms with Crippen molar-refractivity contribution in [2.24, 2.45) is 11.8 Å². The fourth-order valence-electron chi connectivity index (χ4n) is 15.5. The molecule has 7 heterocycles. The molecule has 0 radical (unpaired) electrons. The molecule has 0 bridgehead atoms. The van der Waals surface area contributed by atoms with Crippen molar-refractivity contribution < 1.29 is 0 Å². The Balaban J connectivity index is 1.25. The van der Waals surface area contributed by atoms with Crippen LogP contribution in [0.5, 0.6) is 0 Å². The molecule has 4 nitrogen and oxygen atoms in total. The van der Waals surface area contributed by atoms with Gasteiger partial charge in [-0.15, -0.1) is 45.3 Å². The highest BCUT2D eigenvalue weighted by Gasteiger charge is 2.32. The molecule has 9 heteroatoms. The van der Waals surface area contributed by atoms with E-state index in [0.717, 1.165) is 13.1 Å². The Kier molecular flexibility index (Phi) is 34.7. The summed E-state index contributed by atoms with van der Waals surface area (Å²) in [6, 6.07) is 0. The minimum atomic E-state index is 0.662. The first-order chi connectivity index (χ1) is 44.1. The third-order valence-corrected chi connectivity index (χ3v) is 26.3. The highest BCUT2D eigenvalue weighted by molar-refractivity contribution is 7.34. The average Bonchev–Trinajstić information content (AvgIpc) is 1.52. The van der Waals surface area contributed by atoms with Crippen molar-refractivity contribution >= 4 is 129 Å².